The minimum atomic E-state index is 0. The summed E-state index contributed by atoms with van der Waals surface area (Å²) in [6, 6.07) is 6.13. The molecule has 0 saturated carbocycles. The molecule has 1 aliphatic rings. The maximum Gasteiger partial charge on any atom is 0.137 e. The first kappa shape index (κ1) is 17.6. The van der Waals surface area contributed by atoms with Crippen LogP contribution in [-0.4, -0.2) is 19.7 Å². The Morgan fingerprint density at radius 3 is 2.65 bits per heavy atom. The molecule has 114 valence electrons. The van der Waals surface area contributed by atoms with Crippen molar-refractivity contribution in [2.75, 3.05) is 19.7 Å². The zero-order chi connectivity index (χ0) is 13.9. The summed E-state index contributed by atoms with van der Waals surface area (Å²) in [5.41, 5.74) is 1.36. The summed E-state index contributed by atoms with van der Waals surface area (Å²) < 4.78 is 5.87. The number of ether oxygens (including phenoxy) is 1. The Hall–Kier alpha value is -0.440. The molecule has 0 radical (unpaired) electrons. The van der Waals surface area contributed by atoms with Crippen molar-refractivity contribution >= 4 is 24.0 Å². The van der Waals surface area contributed by atoms with Gasteiger partial charge in [-0.15, -0.1) is 12.4 Å². The highest BCUT2D eigenvalue weighted by Gasteiger charge is 2.17. The van der Waals surface area contributed by atoms with Gasteiger partial charge in [-0.3, -0.25) is 0 Å². The van der Waals surface area contributed by atoms with E-state index in [1.165, 1.54) is 18.4 Å². The SMILES string of the molecule is CC(C)(C)c1ccc(OCC2CCCNC2)c(Cl)c1.Cl. The second-order valence-electron chi connectivity index (χ2n) is 6.42. The van der Waals surface area contributed by atoms with Gasteiger partial charge < -0.3 is 10.1 Å². The fourth-order valence-corrected chi connectivity index (χ4v) is 2.59. The standard InChI is InChI=1S/C16H24ClNO.ClH/c1-16(2,3)13-6-7-15(14(17)9-13)19-11-12-5-4-8-18-10-12;/h6-7,9,12,18H,4-5,8,10-11H2,1-3H3;1H. The maximum atomic E-state index is 6.31. The minimum absolute atomic E-state index is 0. The molecular weight excluding hydrogens is 293 g/mol. The van der Waals surface area contributed by atoms with Crippen molar-refractivity contribution in [2.24, 2.45) is 5.92 Å². The van der Waals surface area contributed by atoms with Crippen LogP contribution < -0.4 is 10.1 Å². The van der Waals surface area contributed by atoms with E-state index in [0.29, 0.717) is 5.92 Å². The van der Waals surface area contributed by atoms with Crippen LogP contribution in [0.4, 0.5) is 0 Å². The Morgan fingerprint density at radius 2 is 2.10 bits per heavy atom. The zero-order valence-corrected chi connectivity index (χ0v) is 14.1. The number of rotatable bonds is 3. The lowest BCUT2D eigenvalue weighted by Gasteiger charge is -2.24. The first-order valence-corrected chi connectivity index (χ1v) is 7.48. The normalized spacial score (nSPS) is 19.3. The molecular formula is C16H25Cl2NO. The molecule has 0 spiro atoms. The predicted molar refractivity (Wildman–Crippen MR) is 88.5 cm³/mol. The van der Waals surface area contributed by atoms with Crippen LogP contribution >= 0.6 is 24.0 Å². The Morgan fingerprint density at radius 1 is 1.35 bits per heavy atom. The van der Waals surface area contributed by atoms with E-state index >= 15 is 0 Å². The Balaban J connectivity index is 0.00000200. The van der Waals surface area contributed by atoms with Crippen molar-refractivity contribution in [1.82, 2.24) is 5.32 Å². The number of hydrogen-bond donors (Lipinski definition) is 1. The van der Waals surface area contributed by atoms with Gasteiger partial charge in [0, 0.05) is 12.5 Å². The van der Waals surface area contributed by atoms with E-state index in [9.17, 15) is 0 Å². The third-order valence-electron chi connectivity index (χ3n) is 3.67. The maximum absolute atomic E-state index is 6.31. The molecule has 0 aromatic heterocycles. The van der Waals surface area contributed by atoms with Gasteiger partial charge in [0.2, 0.25) is 0 Å². The van der Waals surface area contributed by atoms with Crippen LogP contribution in [0.2, 0.25) is 5.02 Å². The van der Waals surface area contributed by atoms with Gasteiger partial charge in [-0.25, -0.2) is 0 Å². The lowest BCUT2D eigenvalue weighted by atomic mass is 9.87. The van der Waals surface area contributed by atoms with E-state index in [-0.39, 0.29) is 17.8 Å². The lowest BCUT2D eigenvalue weighted by molar-refractivity contribution is 0.218. The molecule has 0 amide bonds. The second kappa shape index (κ2) is 7.53. The van der Waals surface area contributed by atoms with Crippen LogP contribution in [-0.2, 0) is 5.41 Å². The van der Waals surface area contributed by atoms with Crippen molar-refractivity contribution in [3.05, 3.63) is 28.8 Å². The van der Waals surface area contributed by atoms with Crippen molar-refractivity contribution in [2.45, 2.75) is 39.0 Å². The molecule has 1 atom stereocenters. The molecule has 2 nitrogen and oxygen atoms in total. The van der Waals surface area contributed by atoms with Crippen LogP contribution in [0.15, 0.2) is 18.2 Å². The first-order chi connectivity index (χ1) is 8.97. The van der Waals surface area contributed by atoms with Gasteiger partial charge in [-0.05, 0) is 42.5 Å². The van der Waals surface area contributed by atoms with Crippen molar-refractivity contribution in [1.29, 1.82) is 0 Å². The first-order valence-electron chi connectivity index (χ1n) is 7.10. The highest BCUT2D eigenvalue weighted by Crippen LogP contribution is 2.31. The van der Waals surface area contributed by atoms with Gasteiger partial charge in [0.25, 0.3) is 0 Å². The molecule has 1 saturated heterocycles. The van der Waals surface area contributed by atoms with Gasteiger partial charge in [0.1, 0.15) is 5.75 Å². The molecule has 1 fully saturated rings. The van der Waals surface area contributed by atoms with Crippen LogP contribution in [0.25, 0.3) is 0 Å². The fourth-order valence-electron chi connectivity index (χ4n) is 2.36. The van der Waals surface area contributed by atoms with Gasteiger partial charge in [0.15, 0.2) is 0 Å². The summed E-state index contributed by atoms with van der Waals surface area (Å²) in [6.07, 6.45) is 2.48. The van der Waals surface area contributed by atoms with E-state index < -0.39 is 0 Å². The molecule has 1 N–H and O–H groups in total. The second-order valence-corrected chi connectivity index (χ2v) is 6.83. The molecule has 0 aliphatic carbocycles. The van der Waals surface area contributed by atoms with E-state index in [2.05, 4.69) is 32.2 Å². The van der Waals surface area contributed by atoms with E-state index in [4.69, 9.17) is 16.3 Å². The molecule has 1 aromatic rings. The topological polar surface area (TPSA) is 21.3 Å². The van der Waals surface area contributed by atoms with E-state index in [1.54, 1.807) is 0 Å². The number of piperidine rings is 1. The van der Waals surface area contributed by atoms with E-state index in [1.807, 2.05) is 12.1 Å². The van der Waals surface area contributed by atoms with Crippen molar-refractivity contribution in [3.8, 4) is 5.75 Å². The highest BCUT2D eigenvalue weighted by atomic mass is 35.5. The third kappa shape index (κ3) is 4.83. The Labute approximate surface area is 133 Å². The van der Waals surface area contributed by atoms with E-state index in [0.717, 1.165) is 30.5 Å². The summed E-state index contributed by atoms with van der Waals surface area (Å²) in [4.78, 5) is 0. The summed E-state index contributed by atoms with van der Waals surface area (Å²) in [6.45, 7) is 9.50. The average molecular weight is 318 g/mol. The molecule has 4 heteroatoms. The van der Waals surface area contributed by atoms with Crippen LogP contribution in [0.1, 0.15) is 39.2 Å². The van der Waals surface area contributed by atoms with Gasteiger partial charge in [-0.2, -0.15) is 0 Å². The molecule has 0 bridgehead atoms. The summed E-state index contributed by atoms with van der Waals surface area (Å²) >= 11 is 6.31. The van der Waals surface area contributed by atoms with Gasteiger partial charge >= 0.3 is 0 Å². The van der Waals surface area contributed by atoms with Gasteiger partial charge in [-0.1, -0.05) is 38.4 Å². The van der Waals surface area contributed by atoms with Crippen molar-refractivity contribution < 1.29 is 4.74 Å². The predicted octanol–water partition coefficient (Wildman–Crippen LogP) is 4.44. The lowest BCUT2D eigenvalue weighted by Crippen LogP contribution is -2.33. The fraction of sp³-hybridized carbons (Fsp3) is 0.625. The molecule has 1 aromatic carbocycles. The minimum Gasteiger partial charge on any atom is -0.492 e. The third-order valence-corrected chi connectivity index (χ3v) is 3.97. The Bertz CT molecular complexity index is 423. The zero-order valence-electron chi connectivity index (χ0n) is 12.5. The summed E-state index contributed by atoms with van der Waals surface area (Å²) in [5.74, 6) is 1.41. The van der Waals surface area contributed by atoms with Crippen LogP contribution in [0, 0.1) is 5.92 Å². The van der Waals surface area contributed by atoms with Gasteiger partial charge in [0.05, 0.1) is 11.6 Å². The number of hydrogen-bond acceptors (Lipinski definition) is 2. The number of benzene rings is 1. The van der Waals surface area contributed by atoms with Crippen LogP contribution in [0.3, 0.4) is 0 Å². The summed E-state index contributed by atoms with van der Waals surface area (Å²) in [5, 5.41) is 4.12. The molecule has 2 rings (SSSR count). The van der Waals surface area contributed by atoms with Crippen molar-refractivity contribution in [3.63, 3.8) is 0 Å². The van der Waals surface area contributed by atoms with Crippen LogP contribution in [0.5, 0.6) is 5.75 Å². The molecule has 1 aliphatic heterocycles. The number of halogens is 2. The monoisotopic (exact) mass is 317 g/mol. The largest absolute Gasteiger partial charge is 0.492 e. The Kier molecular flexibility index (Phi) is 6.63. The summed E-state index contributed by atoms with van der Waals surface area (Å²) in [7, 11) is 0. The highest BCUT2D eigenvalue weighted by molar-refractivity contribution is 6.32. The molecule has 1 heterocycles. The number of nitrogens with one attached hydrogen (secondary N) is 1. The smallest absolute Gasteiger partial charge is 0.137 e. The molecule has 1 unspecified atom stereocenters. The molecule has 20 heavy (non-hydrogen) atoms. The quantitative estimate of drug-likeness (QED) is 0.890. The average Bonchev–Trinajstić information content (AvgIpc) is 2.37.